The number of hydrogen-bond donors (Lipinski definition) is 1. The van der Waals surface area contributed by atoms with Gasteiger partial charge in [-0.1, -0.05) is 23.2 Å². The molecule has 4 heteroatoms. The highest BCUT2D eigenvalue weighted by molar-refractivity contribution is 6.34. The maximum Gasteiger partial charge on any atom is 0.132 e. The highest BCUT2D eigenvalue weighted by atomic mass is 35.5. The Bertz CT molecular complexity index is 299. The zero-order valence-electron chi connectivity index (χ0n) is 5.69. The molecule has 0 radical (unpaired) electrons. The van der Waals surface area contributed by atoms with E-state index in [0.29, 0.717) is 10.2 Å². The number of halogens is 2. The zero-order valence-corrected chi connectivity index (χ0v) is 7.21. The Labute approximate surface area is 74.5 Å². The minimum absolute atomic E-state index is 0.447. The molecule has 1 aliphatic heterocycles. The predicted molar refractivity (Wildman–Crippen MR) is 46.5 cm³/mol. The van der Waals surface area contributed by atoms with Crippen LogP contribution < -0.4 is 5.32 Å². The largest absolute Gasteiger partial charge is 0.369 e. The van der Waals surface area contributed by atoms with E-state index in [1.807, 2.05) is 0 Å². The van der Waals surface area contributed by atoms with E-state index in [0.717, 1.165) is 24.3 Å². The maximum atomic E-state index is 5.91. The van der Waals surface area contributed by atoms with Crippen LogP contribution in [0.1, 0.15) is 5.56 Å². The molecule has 1 aromatic heterocycles. The molecule has 58 valence electrons. The second kappa shape index (κ2) is 2.54. The molecule has 0 saturated carbocycles. The summed E-state index contributed by atoms with van der Waals surface area (Å²) in [5.41, 5.74) is 1.08. The van der Waals surface area contributed by atoms with Crippen LogP contribution in [-0.2, 0) is 6.42 Å². The van der Waals surface area contributed by atoms with Crippen molar-refractivity contribution in [1.29, 1.82) is 0 Å². The molecule has 0 spiro atoms. The molecule has 1 N–H and O–H groups in total. The number of nitrogens with one attached hydrogen (secondary N) is 1. The van der Waals surface area contributed by atoms with Crippen LogP contribution in [0, 0.1) is 0 Å². The van der Waals surface area contributed by atoms with Crippen LogP contribution in [0.5, 0.6) is 0 Å². The quantitative estimate of drug-likeness (QED) is 0.633. The van der Waals surface area contributed by atoms with Crippen molar-refractivity contribution in [2.75, 3.05) is 11.9 Å². The number of fused-ring (bicyclic) bond motifs is 1. The Morgan fingerprint density at radius 1 is 1.45 bits per heavy atom. The summed E-state index contributed by atoms with van der Waals surface area (Å²) in [7, 11) is 0. The minimum Gasteiger partial charge on any atom is -0.369 e. The van der Waals surface area contributed by atoms with Gasteiger partial charge in [-0.05, 0) is 12.5 Å². The van der Waals surface area contributed by atoms with Gasteiger partial charge >= 0.3 is 0 Å². The summed E-state index contributed by atoms with van der Waals surface area (Å²) in [6.07, 6.45) is 0.943. The molecule has 1 aromatic rings. The number of rotatable bonds is 0. The van der Waals surface area contributed by atoms with E-state index in [1.165, 1.54) is 0 Å². The van der Waals surface area contributed by atoms with Crippen molar-refractivity contribution in [2.24, 2.45) is 0 Å². The van der Waals surface area contributed by atoms with Crippen molar-refractivity contribution < 1.29 is 0 Å². The van der Waals surface area contributed by atoms with Crippen molar-refractivity contribution >= 4 is 29.0 Å². The van der Waals surface area contributed by atoms with Gasteiger partial charge in [0.2, 0.25) is 0 Å². The maximum absolute atomic E-state index is 5.91. The van der Waals surface area contributed by atoms with Crippen molar-refractivity contribution in [2.45, 2.75) is 6.42 Å². The monoisotopic (exact) mass is 188 g/mol. The Hall–Kier alpha value is -0.470. The number of nitrogens with zero attached hydrogens (tertiary/aromatic N) is 1. The van der Waals surface area contributed by atoms with Gasteiger partial charge < -0.3 is 5.32 Å². The van der Waals surface area contributed by atoms with Gasteiger partial charge in [-0.3, -0.25) is 0 Å². The van der Waals surface area contributed by atoms with Crippen LogP contribution in [0.4, 0.5) is 5.82 Å². The third kappa shape index (κ3) is 1.17. The summed E-state index contributed by atoms with van der Waals surface area (Å²) >= 11 is 11.6. The summed E-state index contributed by atoms with van der Waals surface area (Å²) in [4.78, 5) is 4.08. The lowest BCUT2D eigenvalue weighted by Gasteiger charge is -2.00. The van der Waals surface area contributed by atoms with Crippen molar-refractivity contribution in [3.8, 4) is 0 Å². The van der Waals surface area contributed by atoms with Crippen LogP contribution in [0.2, 0.25) is 10.2 Å². The first kappa shape index (κ1) is 7.19. The number of anilines is 1. The van der Waals surface area contributed by atoms with E-state index in [4.69, 9.17) is 23.2 Å². The van der Waals surface area contributed by atoms with Gasteiger partial charge in [-0.25, -0.2) is 4.98 Å². The number of aromatic nitrogens is 1. The molecule has 11 heavy (non-hydrogen) atoms. The molecule has 0 aliphatic carbocycles. The highest BCUT2D eigenvalue weighted by Gasteiger charge is 2.15. The van der Waals surface area contributed by atoms with Gasteiger partial charge in [0, 0.05) is 12.1 Å². The second-order valence-corrected chi connectivity index (χ2v) is 3.23. The first-order valence-corrected chi connectivity index (χ1v) is 4.12. The predicted octanol–water partition coefficient (Wildman–Crippen LogP) is 2.36. The lowest BCUT2D eigenvalue weighted by atomic mass is 10.2. The minimum atomic E-state index is 0.447. The third-order valence-corrected chi connectivity index (χ3v) is 2.24. The first-order valence-electron chi connectivity index (χ1n) is 3.36. The van der Waals surface area contributed by atoms with E-state index in [1.54, 1.807) is 6.07 Å². The van der Waals surface area contributed by atoms with Gasteiger partial charge in [0.1, 0.15) is 11.0 Å². The summed E-state index contributed by atoms with van der Waals surface area (Å²) in [5, 5.41) is 4.26. The molecule has 0 atom stereocenters. The lowest BCUT2D eigenvalue weighted by Crippen LogP contribution is -1.92. The normalized spacial score (nSPS) is 14.4. The van der Waals surface area contributed by atoms with Crippen LogP contribution in [0.15, 0.2) is 6.07 Å². The van der Waals surface area contributed by atoms with Crippen LogP contribution in [0.25, 0.3) is 0 Å². The standard InChI is InChI=1S/C7H6Cl2N2/c8-5-3-6(9)11-7-4(5)1-2-10-7/h3H,1-2H2,(H,10,11). The van der Waals surface area contributed by atoms with Crippen LogP contribution >= 0.6 is 23.2 Å². The Morgan fingerprint density at radius 3 is 3.09 bits per heavy atom. The third-order valence-electron chi connectivity index (χ3n) is 1.71. The molecule has 0 unspecified atom stereocenters. The lowest BCUT2D eigenvalue weighted by molar-refractivity contribution is 1.11. The van der Waals surface area contributed by atoms with Crippen molar-refractivity contribution in [3.63, 3.8) is 0 Å². The topological polar surface area (TPSA) is 24.9 Å². The Balaban J connectivity index is 2.60. The summed E-state index contributed by atoms with van der Waals surface area (Å²) < 4.78 is 0. The van der Waals surface area contributed by atoms with E-state index < -0.39 is 0 Å². The highest BCUT2D eigenvalue weighted by Crippen LogP contribution is 2.29. The average Bonchev–Trinajstić information content (AvgIpc) is 2.34. The molecule has 0 amide bonds. The van der Waals surface area contributed by atoms with Gasteiger partial charge in [-0.15, -0.1) is 0 Å². The summed E-state index contributed by atoms with van der Waals surface area (Å²) in [6, 6.07) is 1.68. The fraction of sp³-hybridized carbons (Fsp3) is 0.286. The number of pyridine rings is 1. The van der Waals surface area contributed by atoms with Gasteiger partial charge in [0.25, 0.3) is 0 Å². The molecule has 0 saturated heterocycles. The van der Waals surface area contributed by atoms with Crippen molar-refractivity contribution in [3.05, 3.63) is 21.8 Å². The van der Waals surface area contributed by atoms with Crippen LogP contribution in [0.3, 0.4) is 0 Å². The molecule has 2 nitrogen and oxygen atoms in total. The Morgan fingerprint density at radius 2 is 2.27 bits per heavy atom. The Kier molecular flexibility index (Phi) is 1.66. The molecular weight excluding hydrogens is 183 g/mol. The van der Waals surface area contributed by atoms with Gasteiger partial charge in [-0.2, -0.15) is 0 Å². The van der Waals surface area contributed by atoms with Crippen LogP contribution in [-0.4, -0.2) is 11.5 Å². The molecule has 0 bridgehead atoms. The molecular formula is C7H6Cl2N2. The van der Waals surface area contributed by atoms with Gasteiger partial charge in [0.05, 0.1) is 5.02 Å². The molecule has 0 fully saturated rings. The van der Waals surface area contributed by atoms with E-state index in [2.05, 4.69) is 10.3 Å². The van der Waals surface area contributed by atoms with E-state index in [9.17, 15) is 0 Å². The second-order valence-electron chi connectivity index (χ2n) is 2.43. The first-order chi connectivity index (χ1) is 5.27. The molecule has 0 aromatic carbocycles. The van der Waals surface area contributed by atoms with Crippen molar-refractivity contribution in [1.82, 2.24) is 4.98 Å². The zero-order chi connectivity index (χ0) is 7.84. The van der Waals surface area contributed by atoms with E-state index >= 15 is 0 Å². The SMILES string of the molecule is Clc1cc(Cl)c2c(n1)NCC2. The molecule has 2 heterocycles. The van der Waals surface area contributed by atoms with E-state index in [-0.39, 0.29) is 0 Å². The molecule has 1 aliphatic rings. The average molecular weight is 189 g/mol. The smallest absolute Gasteiger partial charge is 0.132 e. The fourth-order valence-electron chi connectivity index (χ4n) is 1.20. The summed E-state index contributed by atoms with van der Waals surface area (Å²) in [6.45, 7) is 0.905. The van der Waals surface area contributed by atoms with Gasteiger partial charge in [0.15, 0.2) is 0 Å². The molecule has 2 rings (SSSR count). The fourth-order valence-corrected chi connectivity index (χ4v) is 1.74. The number of hydrogen-bond acceptors (Lipinski definition) is 2. The summed E-state index contributed by atoms with van der Waals surface area (Å²) in [5.74, 6) is 0.836.